The number of rotatable bonds is 6. The van der Waals surface area contributed by atoms with E-state index >= 15 is 0 Å². The van der Waals surface area contributed by atoms with Crippen LogP contribution in [0.25, 0.3) is 10.9 Å². The molecule has 0 saturated heterocycles. The van der Waals surface area contributed by atoms with Crippen LogP contribution in [-0.2, 0) is 4.79 Å². The molecular weight excluding hydrogens is 284 g/mol. The van der Waals surface area contributed by atoms with Crippen LogP contribution in [0.1, 0.15) is 10.4 Å². The average molecular weight is 302 g/mol. The van der Waals surface area contributed by atoms with Crippen molar-refractivity contribution < 1.29 is 9.59 Å². The smallest absolute Gasteiger partial charge is 0.257 e. The molecule has 0 bridgehead atoms. The number of fused-ring (bicyclic) bond motifs is 1. The van der Waals surface area contributed by atoms with Gasteiger partial charge in [-0.1, -0.05) is 12.1 Å². The molecule has 0 fully saturated rings. The Balaban J connectivity index is 2.03. The van der Waals surface area contributed by atoms with Gasteiger partial charge in [-0.3, -0.25) is 14.4 Å². The molecule has 22 heavy (non-hydrogen) atoms. The Hall–Kier alpha value is -2.67. The van der Waals surface area contributed by atoms with Crippen molar-refractivity contribution in [3.63, 3.8) is 0 Å². The van der Waals surface area contributed by atoms with Gasteiger partial charge in [0.25, 0.3) is 5.91 Å². The maximum atomic E-state index is 12.2. The summed E-state index contributed by atoms with van der Waals surface area (Å²) in [7, 11) is 1.78. The number of para-hydroxylation sites is 1. The maximum Gasteiger partial charge on any atom is 0.257 e. The average Bonchev–Trinajstić information content (AvgIpc) is 2.53. The van der Waals surface area contributed by atoms with E-state index in [1.54, 1.807) is 31.3 Å². The normalized spacial score (nSPS) is 10.4. The molecule has 7 heteroatoms. The highest BCUT2D eigenvalue weighted by molar-refractivity contribution is 5.98. The third-order valence-electron chi connectivity index (χ3n) is 3.14. The Kier molecular flexibility index (Phi) is 5.26. The SMILES string of the molecule is CNCCNC(=O)CNC(=O)c1c[nH]c2ccccc2c1=O. The van der Waals surface area contributed by atoms with Crippen LogP contribution >= 0.6 is 0 Å². The second-order valence-electron chi connectivity index (χ2n) is 4.71. The van der Waals surface area contributed by atoms with E-state index in [9.17, 15) is 14.4 Å². The Labute approximate surface area is 127 Å². The van der Waals surface area contributed by atoms with Crippen LogP contribution in [0.3, 0.4) is 0 Å². The van der Waals surface area contributed by atoms with Crippen LogP contribution in [0.2, 0.25) is 0 Å². The minimum absolute atomic E-state index is 0.0123. The van der Waals surface area contributed by atoms with Gasteiger partial charge in [0.2, 0.25) is 11.3 Å². The van der Waals surface area contributed by atoms with E-state index in [1.165, 1.54) is 6.20 Å². The standard InChI is InChI=1S/C15H18N4O3/c1-16-6-7-17-13(20)9-19-15(22)11-8-18-12-5-3-2-4-10(12)14(11)21/h2-5,8,16H,6-7,9H2,1H3,(H,17,20)(H,18,21)(H,19,22). The fourth-order valence-electron chi connectivity index (χ4n) is 1.98. The summed E-state index contributed by atoms with van der Waals surface area (Å²) in [5, 5.41) is 8.40. The zero-order valence-electron chi connectivity index (χ0n) is 12.2. The molecule has 2 aromatic rings. The number of aromatic nitrogens is 1. The van der Waals surface area contributed by atoms with Gasteiger partial charge in [-0.25, -0.2) is 0 Å². The van der Waals surface area contributed by atoms with Gasteiger partial charge in [0.05, 0.1) is 6.54 Å². The van der Waals surface area contributed by atoms with E-state index < -0.39 is 5.91 Å². The second-order valence-corrected chi connectivity index (χ2v) is 4.71. The molecule has 0 spiro atoms. The number of carbonyl (C=O) groups excluding carboxylic acids is 2. The van der Waals surface area contributed by atoms with Gasteiger partial charge in [0, 0.05) is 30.2 Å². The molecule has 0 aliphatic heterocycles. The zero-order valence-corrected chi connectivity index (χ0v) is 12.2. The Morgan fingerprint density at radius 1 is 1.14 bits per heavy atom. The number of aromatic amines is 1. The highest BCUT2D eigenvalue weighted by Crippen LogP contribution is 2.06. The fraction of sp³-hybridized carbons (Fsp3) is 0.267. The van der Waals surface area contributed by atoms with E-state index in [4.69, 9.17) is 0 Å². The minimum Gasteiger partial charge on any atom is -0.360 e. The molecule has 2 rings (SSSR count). The van der Waals surface area contributed by atoms with Crippen LogP contribution < -0.4 is 21.4 Å². The molecule has 116 valence electrons. The summed E-state index contributed by atoms with van der Waals surface area (Å²) in [6, 6.07) is 6.94. The third-order valence-corrected chi connectivity index (χ3v) is 3.14. The minimum atomic E-state index is -0.573. The molecule has 0 saturated carbocycles. The first-order chi connectivity index (χ1) is 10.6. The lowest BCUT2D eigenvalue weighted by molar-refractivity contribution is -0.120. The number of hydrogen-bond acceptors (Lipinski definition) is 4. The van der Waals surface area contributed by atoms with Crippen molar-refractivity contribution in [2.45, 2.75) is 0 Å². The molecule has 0 aliphatic rings. The first-order valence-electron chi connectivity index (χ1n) is 6.93. The largest absolute Gasteiger partial charge is 0.360 e. The van der Waals surface area contributed by atoms with E-state index in [0.717, 1.165) is 0 Å². The number of likely N-dealkylation sites (N-methyl/N-ethyl adjacent to an activating group) is 1. The number of nitrogens with one attached hydrogen (secondary N) is 4. The molecule has 4 N–H and O–H groups in total. The van der Waals surface area contributed by atoms with Crippen LogP contribution in [0, 0.1) is 0 Å². The number of hydrogen-bond donors (Lipinski definition) is 4. The molecule has 1 aromatic carbocycles. The highest BCUT2D eigenvalue weighted by atomic mass is 16.2. The van der Waals surface area contributed by atoms with Crippen molar-refractivity contribution in [2.75, 3.05) is 26.7 Å². The molecule has 1 heterocycles. The van der Waals surface area contributed by atoms with Gasteiger partial charge < -0.3 is 20.9 Å². The van der Waals surface area contributed by atoms with E-state index in [2.05, 4.69) is 20.9 Å². The first kappa shape index (κ1) is 15.7. The maximum absolute atomic E-state index is 12.2. The first-order valence-corrected chi connectivity index (χ1v) is 6.93. The zero-order chi connectivity index (χ0) is 15.9. The molecular formula is C15H18N4O3. The highest BCUT2D eigenvalue weighted by Gasteiger charge is 2.13. The molecule has 0 radical (unpaired) electrons. The summed E-state index contributed by atoms with van der Waals surface area (Å²) in [6.45, 7) is 0.945. The fourth-order valence-corrected chi connectivity index (χ4v) is 1.98. The van der Waals surface area contributed by atoms with Gasteiger partial charge in [0.15, 0.2) is 0 Å². The Morgan fingerprint density at radius 3 is 2.68 bits per heavy atom. The van der Waals surface area contributed by atoms with Crippen molar-refractivity contribution in [2.24, 2.45) is 0 Å². The predicted molar refractivity (Wildman–Crippen MR) is 83.8 cm³/mol. The van der Waals surface area contributed by atoms with Crippen molar-refractivity contribution in [1.82, 2.24) is 20.9 Å². The number of amides is 2. The predicted octanol–water partition coefficient (Wildman–Crippen LogP) is -0.406. The Morgan fingerprint density at radius 2 is 1.91 bits per heavy atom. The van der Waals surface area contributed by atoms with Crippen LogP contribution in [0.15, 0.2) is 35.3 Å². The van der Waals surface area contributed by atoms with Crippen molar-refractivity contribution in [3.05, 3.63) is 46.2 Å². The van der Waals surface area contributed by atoms with E-state index in [-0.39, 0.29) is 23.4 Å². The quantitative estimate of drug-likeness (QED) is 0.545. The van der Waals surface area contributed by atoms with Gasteiger partial charge in [-0.05, 0) is 19.2 Å². The van der Waals surface area contributed by atoms with Gasteiger partial charge >= 0.3 is 0 Å². The molecule has 2 amide bonds. The van der Waals surface area contributed by atoms with Crippen LogP contribution in [0.4, 0.5) is 0 Å². The van der Waals surface area contributed by atoms with Crippen molar-refractivity contribution in [1.29, 1.82) is 0 Å². The molecule has 0 aliphatic carbocycles. The third kappa shape index (κ3) is 3.70. The molecule has 0 atom stereocenters. The van der Waals surface area contributed by atoms with Crippen molar-refractivity contribution in [3.8, 4) is 0 Å². The van der Waals surface area contributed by atoms with Gasteiger partial charge in [-0.15, -0.1) is 0 Å². The summed E-state index contributed by atoms with van der Waals surface area (Å²) in [5.41, 5.74) is 0.290. The monoisotopic (exact) mass is 302 g/mol. The summed E-state index contributed by atoms with van der Waals surface area (Å²) in [5.74, 6) is -0.878. The molecule has 7 nitrogen and oxygen atoms in total. The second kappa shape index (κ2) is 7.37. The van der Waals surface area contributed by atoms with Crippen molar-refractivity contribution >= 4 is 22.7 Å². The van der Waals surface area contributed by atoms with Gasteiger partial charge in [-0.2, -0.15) is 0 Å². The van der Waals surface area contributed by atoms with Crippen LogP contribution in [0.5, 0.6) is 0 Å². The summed E-state index contributed by atoms with van der Waals surface area (Å²) in [4.78, 5) is 38.7. The summed E-state index contributed by atoms with van der Waals surface area (Å²) < 4.78 is 0. The Bertz CT molecular complexity index is 739. The lowest BCUT2D eigenvalue weighted by atomic mass is 10.1. The molecule has 0 unspecified atom stereocenters. The number of H-pyrrole nitrogens is 1. The lowest BCUT2D eigenvalue weighted by Crippen LogP contribution is -2.40. The summed E-state index contributed by atoms with van der Waals surface area (Å²) in [6.07, 6.45) is 1.36. The molecule has 1 aromatic heterocycles. The summed E-state index contributed by atoms with van der Waals surface area (Å²) >= 11 is 0. The van der Waals surface area contributed by atoms with Crippen LogP contribution in [-0.4, -0.2) is 43.5 Å². The number of pyridine rings is 1. The van der Waals surface area contributed by atoms with E-state index in [1.807, 2.05) is 0 Å². The van der Waals surface area contributed by atoms with Gasteiger partial charge in [0.1, 0.15) is 5.56 Å². The van der Waals surface area contributed by atoms with E-state index in [0.29, 0.717) is 24.0 Å². The number of benzene rings is 1. The number of carbonyl (C=O) groups is 2. The topological polar surface area (TPSA) is 103 Å². The lowest BCUT2D eigenvalue weighted by Gasteiger charge is -2.07.